The number of aromatic amines is 1. The normalized spacial score (nSPS) is 20.9. The second kappa shape index (κ2) is 4.48. The van der Waals surface area contributed by atoms with Crippen LogP contribution in [-0.4, -0.2) is 34.1 Å². The van der Waals surface area contributed by atoms with Crippen molar-refractivity contribution in [2.45, 2.75) is 25.4 Å². The molecule has 0 saturated carbocycles. The molecule has 0 radical (unpaired) electrons. The van der Waals surface area contributed by atoms with Gasteiger partial charge in [-0.15, -0.1) is 0 Å². The van der Waals surface area contributed by atoms with Gasteiger partial charge in [-0.3, -0.25) is 0 Å². The molecule has 1 aliphatic heterocycles. The molecule has 1 atom stereocenters. The van der Waals surface area contributed by atoms with Gasteiger partial charge in [0.05, 0.1) is 5.52 Å². The number of hydrogen-bond donors (Lipinski definition) is 1. The fraction of sp³-hybridized carbons (Fsp3) is 0.462. The van der Waals surface area contributed by atoms with Gasteiger partial charge >= 0.3 is 0 Å². The Balaban J connectivity index is 2.04. The Morgan fingerprint density at radius 1 is 1.50 bits per heavy atom. The number of aromatic nitrogens is 2. The molecule has 0 bridgehead atoms. The zero-order valence-corrected chi connectivity index (χ0v) is 11.1. The van der Waals surface area contributed by atoms with Gasteiger partial charge in [0.1, 0.15) is 11.3 Å². The SMILES string of the molecule is CN1CCCC1Cn1c(=S)[nH]c2c(F)cccc21. The van der Waals surface area contributed by atoms with E-state index in [1.165, 1.54) is 18.9 Å². The largest absolute Gasteiger partial charge is 0.328 e. The number of likely N-dealkylation sites (N-methyl/N-ethyl adjacent to an activating group) is 1. The molecule has 1 unspecified atom stereocenters. The number of para-hydroxylation sites is 1. The van der Waals surface area contributed by atoms with Crippen molar-refractivity contribution in [2.24, 2.45) is 0 Å². The third-order valence-corrected chi connectivity index (χ3v) is 4.15. The molecular formula is C13H16FN3S. The van der Waals surface area contributed by atoms with Crippen molar-refractivity contribution in [1.82, 2.24) is 14.5 Å². The Morgan fingerprint density at radius 3 is 3.06 bits per heavy atom. The van der Waals surface area contributed by atoms with Crippen molar-refractivity contribution < 1.29 is 4.39 Å². The molecule has 1 aliphatic rings. The van der Waals surface area contributed by atoms with Gasteiger partial charge in [0, 0.05) is 12.6 Å². The van der Waals surface area contributed by atoms with Crippen LogP contribution in [0, 0.1) is 10.6 Å². The predicted octanol–water partition coefficient (Wildman–Crippen LogP) is 2.93. The number of halogens is 1. The number of fused-ring (bicyclic) bond motifs is 1. The summed E-state index contributed by atoms with van der Waals surface area (Å²) < 4.78 is 16.3. The second-order valence-electron chi connectivity index (χ2n) is 4.95. The summed E-state index contributed by atoms with van der Waals surface area (Å²) in [5.74, 6) is -0.239. The summed E-state index contributed by atoms with van der Waals surface area (Å²) in [6.45, 7) is 1.97. The Morgan fingerprint density at radius 2 is 2.33 bits per heavy atom. The van der Waals surface area contributed by atoms with Crippen LogP contribution in [0.4, 0.5) is 4.39 Å². The molecule has 2 heterocycles. The molecule has 1 aromatic carbocycles. The fourth-order valence-corrected chi connectivity index (χ4v) is 3.02. The van der Waals surface area contributed by atoms with Crippen molar-refractivity contribution in [3.8, 4) is 0 Å². The maximum Gasteiger partial charge on any atom is 0.178 e. The van der Waals surface area contributed by atoms with E-state index in [1.54, 1.807) is 6.07 Å². The quantitative estimate of drug-likeness (QED) is 0.844. The molecule has 3 rings (SSSR count). The van der Waals surface area contributed by atoms with E-state index in [1.807, 2.05) is 10.6 Å². The first-order valence-electron chi connectivity index (χ1n) is 6.24. The summed E-state index contributed by atoms with van der Waals surface area (Å²) in [5.41, 5.74) is 1.38. The maximum absolute atomic E-state index is 13.7. The molecule has 3 nitrogen and oxygen atoms in total. The highest BCUT2D eigenvalue weighted by Gasteiger charge is 2.22. The van der Waals surface area contributed by atoms with E-state index in [0.29, 0.717) is 16.3 Å². The van der Waals surface area contributed by atoms with E-state index in [4.69, 9.17) is 12.2 Å². The number of nitrogens with one attached hydrogen (secondary N) is 1. The third-order valence-electron chi connectivity index (χ3n) is 3.82. The van der Waals surface area contributed by atoms with Crippen LogP contribution in [-0.2, 0) is 6.54 Å². The molecule has 1 aromatic heterocycles. The number of rotatable bonds is 2. The fourth-order valence-electron chi connectivity index (χ4n) is 2.75. The van der Waals surface area contributed by atoms with Crippen molar-refractivity contribution >= 4 is 23.3 Å². The van der Waals surface area contributed by atoms with Gasteiger partial charge in [0.2, 0.25) is 0 Å². The highest BCUT2D eigenvalue weighted by molar-refractivity contribution is 7.71. The molecule has 1 saturated heterocycles. The van der Waals surface area contributed by atoms with Crippen molar-refractivity contribution in [3.63, 3.8) is 0 Å². The molecule has 96 valence electrons. The average molecular weight is 265 g/mol. The monoisotopic (exact) mass is 265 g/mol. The first kappa shape index (κ1) is 11.9. The Bertz CT molecular complexity index is 631. The van der Waals surface area contributed by atoms with Gasteiger partial charge in [-0.25, -0.2) is 4.39 Å². The molecule has 2 aromatic rings. The van der Waals surface area contributed by atoms with Crippen molar-refractivity contribution in [2.75, 3.05) is 13.6 Å². The van der Waals surface area contributed by atoms with Crippen LogP contribution in [0.3, 0.4) is 0 Å². The molecule has 0 spiro atoms. The first-order chi connectivity index (χ1) is 8.66. The van der Waals surface area contributed by atoms with Gasteiger partial charge in [0.15, 0.2) is 4.77 Å². The summed E-state index contributed by atoms with van der Waals surface area (Å²) in [7, 11) is 2.14. The van der Waals surface area contributed by atoms with Gasteiger partial charge in [-0.05, 0) is 50.8 Å². The summed E-state index contributed by atoms with van der Waals surface area (Å²) in [6, 6.07) is 5.60. The van der Waals surface area contributed by atoms with Crippen LogP contribution in [0.1, 0.15) is 12.8 Å². The van der Waals surface area contributed by atoms with E-state index in [0.717, 1.165) is 18.6 Å². The standard InChI is InChI=1S/C13H16FN3S/c1-16-7-3-4-9(16)8-17-11-6-2-5-10(14)12(11)15-13(17)18/h2,5-6,9H,3-4,7-8H2,1H3,(H,15,18). The number of nitrogens with zero attached hydrogens (tertiary/aromatic N) is 2. The number of likely N-dealkylation sites (tertiary alicyclic amines) is 1. The lowest BCUT2D eigenvalue weighted by molar-refractivity contribution is 0.283. The molecular weight excluding hydrogens is 249 g/mol. The zero-order chi connectivity index (χ0) is 12.7. The van der Waals surface area contributed by atoms with E-state index >= 15 is 0 Å². The lowest BCUT2D eigenvalue weighted by Gasteiger charge is -2.20. The minimum Gasteiger partial charge on any atom is -0.328 e. The van der Waals surface area contributed by atoms with E-state index in [2.05, 4.69) is 16.9 Å². The van der Waals surface area contributed by atoms with Gasteiger partial charge in [-0.2, -0.15) is 0 Å². The Kier molecular flexibility index (Phi) is 2.95. The molecule has 1 N–H and O–H groups in total. The smallest absolute Gasteiger partial charge is 0.178 e. The van der Waals surface area contributed by atoms with Crippen LogP contribution in [0.15, 0.2) is 18.2 Å². The molecule has 5 heteroatoms. The zero-order valence-electron chi connectivity index (χ0n) is 10.3. The molecule has 1 fully saturated rings. The van der Waals surface area contributed by atoms with Gasteiger partial charge in [-0.1, -0.05) is 6.07 Å². The lowest BCUT2D eigenvalue weighted by Crippen LogP contribution is -2.29. The second-order valence-corrected chi connectivity index (χ2v) is 5.34. The van der Waals surface area contributed by atoms with Crippen LogP contribution in [0.25, 0.3) is 11.0 Å². The number of H-pyrrole nitrogens is 1. The highest BCUT2D eigenvalue weighted by Crippen LogP contribution is 2.21. The Labute approximate surface area is 110 Å². The van der Waals surface area contributed by atoms with Crippen molar-refractivity contribution in [1.29, 1.82) is 0 Å². The summed E-state index contributed by atoms with van der Waals surface area (Å²) >= 11 is 5.31. The highest BCUT2D eigenvalue weighted by atomic mass is 32.1. The number of benzene rings is 1. The summed E-state index contributed by atoms with van der Waals surface area (Å²) in [6.07, 6.45) is 2.41. The first-order valence-corrected chi connectivity index (χ1v) is 6.65. The molecule has 0 aliphatic carbocycles. The van der Waals surface area contributed by atoms with Gasteiger partial charge < -0.3 is 14.5 Å². The average Bonchev–Trinajstić information content (AvgIpc) is 2.87. The van der Waals surface area contributed by atoms with E-state index in [9.17, 15) is 4.39 Å². The van der Waals surface area contributed by atoms with Gasteiger partial charge in [0.25, 0.3) is 0 Å². The minimum absolute atomic E-state index is 0.239. The Hall–Kier alpha value is -1.20. The molecule has 18 heavy (non-hydrogen) atoms. The maximum atomic E-state index is 13.7. The number of imidazole rings is 1. The van der Waals surface area contributed by atoms with Crippen LogP contribution in [0.2, 0.25) is 0 Å². The third kappa shape index (κ3) is 1.87. The van der Waals surface area contributed by atoms with Crippen LogP contribution < -0.4 is 0 Å². The van der Waals surface area contributed by atoms with Crippen molar-refractivity contribution in [3.05, 3.63) is 28.8 Å². The minimum atomic E-state index is -0.239. The van der Waals surface area contributed by atoms with Crippen LogP contribution in [0.5, 0.6) is 0 Å². The van der Waals surface area contributed by atoms with Crippen LogP contribution >= 0.6 is 12.2 Å². The lowest BCUT2D eigenvalue weighted by atomic mass is 10.2. The summed E-state index contributed by atoms with van der Waals surface area (Å²) in [4.78, 5) is 5.32. The molecule has 0 amide bonds. The topological polar surface area (TPSA) is 24.0 Å². The number of hydrogen-bond acceptors (Lipinski definition) is 2. The van der Waals surface area contributed by atoms with E-state index < -0.39 is 0 Å². The predicted molar refractivity (Wildman–Crippen MR) is 72.7 cm³/mol. The van der Waals surface area contributed by atoms with E-state index in [-0.39, 0.29) is 5.82 Å². The summed E-state index contributed by atoms with van der Waals surface area (Å²) in [5, 5.41) is 0.